The van der Waals surface area contributed by atoms with E-state index >= 15 is 0 Å². The number of thiophene rings is 1. The molecular formula is C46H28N2OS. The fourth-order valence-corrected chi connectivity index (χ4v) is 9.09. The Balaban J connectivity index is 1.28. The third-order valence-electron chi connectivity index (χ3n) is 10.1. The van der Waals surface area contributed by atoms with E-state index in [1.165, 1.54) is 52.8 Å². The van der Waals surface area contributed by atoms with E-state index < -0.39 is 0 Å². The van der Waals surface area contributed by atoms with Crippen molar-refractivity contribution in [1.29, 1.82) is 0 Å². The molecule has 4 heteroatoms. The van der Waals surface area contributed by atoms with E-state index in [-0.39, 0.29) is 0 Å². The van der Waals surface area contributed by atoms with Crippen molar-refractivity contribution >= 4 is 103 Å². The Morgan fingerprint density at radius 3 is 2.04 bits per heavy atom. The molecule has 8 aromatic carbocycles. The second-order valence-corrected chi connectivity index (χ2v) is 14.0. The van der Waals surface area contributed by atoms with Gasteiger partial charge in [-0.15, -0.1) is 11.3 Å². The predicted octanol–water partition coefficient (Wildman–Crippen LogP) is 13.7. The van der Waals surface area contributed by atoms with Gasteiger partial charge in [0, 0.05) is 53.1 Å². The van der Waals surface area contributed by atoms with Crippen LogP contribution in [0.25, 0.3) is 80.4 Å². The molecule has 0 saturated heterocycles. The maximum Gasteiger partial charge on any atom is 0.136 e. The van der Waals surface area contributed by atoms with Gasteiger partial charge in [0.05, 0.1) is 22.4 Å². The molecule has 0 saturated carbocycles. The molecule has 11 aromatic rings. The first-order chi connectivity index (χ1) is 24.8. The molecule has 3 aromatic heterocycles. The van der Waals surface area contributed by atoms with Crippen LogP contribution < -0.4 is 4.90 Å². The second-order valence-electron chi connectivity index (χ2n) is 12.9. The zero-order chi connectivity index (χ0) is 32.8. The van der Waals surface area contributed by atoms with Crippen LogP contribution >= 0.6 is 11.3 Å². The van der Waals surface area contributed by atoms with Crippen LogP contribution in [0, 0.1) is 0 Å². The Morgan fingerprint density at radius 2 is 1.14 bits per heavy atom. The fourth-order valence-electron chi connectivity index (χ4n) is 7.97. The van der Waals surface area contributed by atoms with Gasteiger partial charge in [0.15, 0.2) is 0 Å². The molecule has 0 fully saturated rings. The molecule has 0 aliphatic heterocycles. The van der Waals surface area contributed by atoms with Crippen LogP contribution in [-0.2, 0) is 0 Å². The van der Waals surface area contributed by atoms with Crippen LogP contribution in [0.2, 0.25) is 0 Å². The van der Waals surface area contributed by atoms with E-state index in [0.717, 1.165) is 44.7 Å². The van der Waals surface area contributed by atoms with Gasteiger partial charge in [-0.1, -0.05) is 97.1 Å². The highest BCUT2D eigenvalue weighted by molar-refractivity contribution is 7.26. The van der Waals surface area contributed by atoms with Crippen molar-refractivity contribution in [1.82, 2.24) is 4.57 Å². The molecule has 0 spiro atoms. The Bertz CT molecular complexity index is 3110. The van der Waals surface area contributed by atoms with E-state index in [1.807, 2.05) is 11.3 Å². The molecule has 0 aliphatic carbocycles. The standard InChI is InChI=1S/C46H28N2OS/c1-2-14-31(15-3-1)48-38-19-8-6-16-33(38)34-18-10-21-40(46(34)48)47(39-20-11-23-44-45(39)35-17-7-9-22-43(35)50-44)32-24-25-41-37(28-32)36-26-29-12-4-5-13-30(29)27-42(36)49-41/h1-28H. The number of benzene rings is 8. The number of hydrogen-bond donors (Lipinski definition) is 0. The smallest absolute Gasteiger partial charge is 0.136 e. The fraction of sp³-hybridized carbons (Fsp3) is 0. The monoisotopic (exact) mass is 656 g/mol. The summed E-state index contributed by atoms with van der Waals surface area (Å²) in [6, 6.07) is 61.3. The second kappa shape index (κ2) is 10.6. The lowest BCUT2D eigenvalue weighted by Crippen LogP contribution is -2.12. The molecule has 0 aliphatic rings. The first kappa shape index (κ1) is 27.6. The van der Waals surface area contributed by atoms with E-state index in [4.69, 9.17) is 4.42 Å². The summed E-state index contributed by atoms with van der Waals surface area (Å²) in [6.45, 7) is 0. The third kappa shape index (κ3) is 3.97. The van der Waals surface area contributed by atoms with Gasteiger partial charge in [-0.3, -0.25) is 0 Å². The maximum absolute atomic E-state index is 6.49. The van der Waals surface area contributed by atoms with Gasteiger partial charge in [0.1, 0.15) is 11.2 Å². The highest BCUT2D eigenvalue weighted by Crippen LogP contribution is 2.49. The predicted molar refractivity (Wildman–Crippen MR) is 213 cm³/mol. The van der Waals surface area contributed by atoms with E-state index in [2.05, 4.69) is 179 Å². The van der Waals surface area contributed by atoms with Gasteiger partial charge in [-0.25, -0.2) is 0 Å². The lowest BCUT2D eigenvalue weighted by atomic mass is 10.0. The summed E-state index contributed by atoms with van der Waals surface area (Å²) in [6.07, 6.45) is 0. The minimum absolute atomic E-state index is 0.884. The number of anilines is 3. The van der Waals surface area contributed by atoms with Crippen molar-refractivity contribution in [3.63, 3.8) is 0 Å². The first-order valence-electron chi connectivity index (χ1n) is 16.9. The zero-order valence-electron chi connectivity index (χ0n) is 26.9. The summed E-state index contributed by atoms with van der Waals surface area (Å²) in [5.74, 6) is 0. The molecule has 0 unspecified atom stereocenters. The van der Waals surface area contributed by atoms with Crippen LogP contribution in [0.3, 0.4) is 0 Å². The minimum Gasteiger partial charge on any atom is -0.456 e. The Labute approximate surface area is 291 Å². The Morgan fingerprint density at radius 1 is 0.460 bits per heavy atom. The SMILES string of the molecule is c1ccc(-n2c3ccccc3c3cccc(N(c4ccc5oc6cc7ccccc7cc6c5c4)c4cccc5sc6ccccc6c45)c32)cc1. The minimum atomic E-state index is 0.884. The molecule has 0 bridgehead atoms. The molecule has 11 rings (SSSR count). The Hall–Kier alpha value is -6.36. The summed E-state index contributed by atoms with van der Waals surface area (Å²) in [5.41, 5.74) is 8.61. The number of hydrogen-bond acceptors (Lipinski definition) is 3. The normalized spacial score (nSPS) is 12.0. The highest BCUT2D eigenvalue weighted by Gasteiger charge is 2.24. The number of fused-ring (bicyclic) bond motifs is 10. The summed E-state index contributed by atoms with van der Waals surface area (Å²) >= 11 is 1.85. The lowest BCUT2D eigenvalue weighted by molar-refractivity contribution is 0.669. The van der Waals surface area contributed by atoms with Crippen LogP contribution in [-0.4, -0.2) is 4.57 Å². The number of rotatable bonds is 4. The number of nitrogens with zero attached hydrogens (tertiary/aromatic N) is 2. The van der Waals surface area contributed by atoms with Gasteiger partial charge >= 0.3 is 0 Å². The molecule has 0 radical (unpaired) electrons. The van der Waals surface area contributed by atoms with Crippen molar-refractivity contribution in [2.45, 2.75) is 0 Å². The van der Waals surface area contributed by atoms with Gasteiger partial charge < -0.3 is 13.9 Å². The lowest BCUT2D eigenvalue weighted by Gasteiger charge is -2.28. The van der Waals surface area contributed by atoms with Crippen LogP contribution in [0.5, 0.6) is 0 Å². The largest absolute Gasteiger partial charge is 0.456 e. The van der Waals surface area contributed by atoms with Gasteiger partial charge in [-0.05, 0) is 83.6 Å². The van der Waals surface area contributed by atoms with E-state index in [0.29, 0.717) is 0 Å². The average molecular weight is 657 g/mol. The Kier molecular flexibility index (Phi) is 5.83. The number of aromatic nitrogens is 1. The molecule has 0 amide bonds. The summed E-state index contributed by atoms with van der Waals surface area (Å²) < 4.78 is 11.5. The summed E-state index contributed by atoms with van der Waals surface area (Å²) in [7, 11) is 0. The topological polar surface area (TPSA) is 21.3 Å². The summed E-state index contributed by atoms with van der Waals surface area (Å²) in [5, 5.41) is 9.59. The van der Waals surface area contributed by atoms with E-state index in [1.54, 1.807) is 0 Å². The molecule has 0 atom stereocenters. The zero-order valence-corrected chi connectivity index (χ0v) is 27.7. The maximum atomic E-state index is 6.49. The van der Waals surface area contributed by atoms with Crippen LogP contribution in [0.4, 0.5) is 17.1 Å². The molecular weight excluding hydrogens is 629 g/mol. The average Bonchev–Trinajstić information content (AvgIpc) is 3.84. The van der Waals surface area contributed by atoms with E-state index in [9.17, 15) is 0 Å². The summed E-state index contributed by atoms with van der Waals surface area (Å²) in [4.78, 5) is 2.47. The van der Waals surface area contributed by atoms with Crippen molar-refractivity contribution in [3.8, 4) is 5.69 Å². The molecule has 234 valence electrons. The molecule has 0 N–H and O–H groups in total. The van der Waals surface area contributed by atoms with Crippen LogP contribution in [0.1, 0.15) is 0 Å². The van der Waals surface area contributed by atoms with Crippen molar-refractivity contribution in [2.24, 2.45) is 0 Å². The molecule has 50 heavy (non-hydrogen) atoms. The highest BCUT2D eigenvalue weighted by atomic mass is 32.1. The van der Waals surface area contributed by atoms with Gasteiger partial charge in [0.25, 0.3) is 0 Å². The first-order valence-corrected chi connectivity index (χ1v) is 17.7. The number of furan rings is 1. The third-order valence-corrected chi connectivity index (χ3v) is 11.3. The quantitative estimate of drug-likeness (QED) is 0.188. The molecule has 3 heterocycles. The van der Waals surface area contributed by atoms with Crippen molar-refractivity contribution in [2.75, 3.05) is 4.90 Å². The molecule has 3 nitrogen and oxygen atoms in total. The number of para-hydroxylation sites is 3. The van der Waals surface area contributed by atoms with Gasteiger partial charge in [-0.2, -0.15) is 0 Å². The van der Waals surface area contributed by atoms with Crippen LogP contribution in [0.15, 0.2) is 174 Å². The van der Waals surface area contributed by atoms with Crippen molar-refractivity contribution < 1.29 is 4.42 Å². The van der Waals surface area contributed by atoms with Gasteiger partial charge in [0.2, 0.25) is 0 Å². The van der Waals surface area contributed by atoms with Crippen molar-refractivity contribution in [3.05, 3.63) is 170 Å².